The molecular weight excluding hydrogens is 392 g/mol. The number of ether oxygens (including phenoxy) is 1. The number of benzene rings is 2. The summed E-state index contributed by atoms with van der Waals surface area (Å²) in [5.74, 6) is 2.37. The van der Waals surface area contributed by atoms with Crippen LogP contribution in [0.4, 0.5) is 5.82 Å². The lowest BCUT2D eigenvalue weighted by Crippen LogP contribution is -2.08. The third-order valence-corrected chi connectivity index (χ3v) is 6.23. The first-order chi connectivity index (χ1) is 14.6. The fourth-order valence-electron chi connectivity index (χ4n) is 3.60. The summed E-state index contributed by atoms with van der Waals surface area (Å²) in [5, 5.41) is 10.0. The van der Waals surface area contributed by atoms with Gasteiger partial charge in [-0.15, -0.1) is 11.3 Å². The fraction of sp³-hybridized carbons (Fsp3) is 0.250. The van der Waals surface area contributed by atoms with Crippen molar-refractivity contribution in [1.29, 1.82) is 0 Å². The van der Waals surface area contributed by atoms with E-state index >= 15 is 0 Å². The predicted octanol–water partition coefficient (Wildman–Crippen LogP) is 5.57. The summed E-state index contributed by atoms with van der Waals surface area (Å²) in [6, 6.07) is 16.8. The van der Waals surface area contributed by atoms with E-state index in [1.807, 2.05) is 32.2 Å². The third-order valence-electron chi connectivity index (χ3n) is 5.11. The molecule has 2 aromatic carbocycles. The smallest absolute Gasteiger partial charge is 0.138 e. The van der Waals surface area contributed by atoms with Crippen LogP contribution in [0.3, 0.4) is 0 Å². The molecule has 2 aromatic heterocycles. The minimum absolute atomic E-state index is 0.115. The van der Waals surface area contributed by atoms with Crippen LogP contribution in [-0.2, 0) is 6.54 Å². The first-order valence-electron chi connectivity index (χ1n) is 9.99. The normalized spacial score (nSPS) is 12.1. The van der Waals surface area contributed by atoms with E-state index in [0.29, 0.717) is 0 Å². The second-order valence-electron chi connectivity index (χ2n) is 7.29. The highest BCUT2D eigenvalue weighted by atomic mass is 32.1. The van der Waals surface area contributed by atoms with E-state index in [-0.39, 0.29) is 6.04 Å². The van der Waals surface area contributed by atoms with Crippen molar-refractivity contribution < 1.29 is 4.74 Å². The van der Waals surface area contributed by atoms with Crippen LogP contribution in [-0.4, -0.2) is 24.1 Å². The second kappa shape index (κ2) is 8.81. The van der Waals surface area contributed by atoms with Crippen LogP contribution in [0.1, 0.15) is 29.2 Å². The van der Waals surface area contributed by atoms with Crippen molar-refractivity contribution in [2.75, 3.05) is 19.5 Å². The monoisotopic (exact) mass is 418 g/mol. The van der Waals surface area contributed by atoms with Gasteiger partial charge in [0.15, 0.2) is 0 Å². The Balaban J connectivity index is 1.64. The molecule has 2 N–H and O–H groups in total. The Hall–Kier alpha value is -2.96. The minimum Gasteiger partial charge on any atom is -0.497 e. The molecule has 0 saturated heterocycles. The van der Waals surface area contributed by atoms with Gasteiger partial charge in [0.25, 0.3) is 0 Å². The Kier molecular flexibility index (Phi) is 5.97. The average molecular weight is 419 g/mol. The van der Waals surface area contributed by atoms with Crippen molar-refractivity contribution in [3.05, 3.63) is 70.2 Å². The molecule has 5 nitrogen and oxygen atoms in total. The van der Waals surface area contributed by atoms with Crippen LogP contribution in [0.2, 0.25) is 0 Å². The van der Waals surface area contributed by atoms with Crippen LogP contribution < -0.4 is 15.4 Å². The van der Waals surface area contributed by atoms with Crippen LogP contribution in [0.25, 0.3) is 22.0 Å². The molecule has 0 aliphatic rings. The number of hydrogen-bond acceptors (Lipinski definition) is 6. The summed E-state index contributed by atoms with van der Waals surface area (Å²) >= 11 is 1.76. The van der Waals surface area contributed by atoms with Gasteiger partial charge in [0.2, 0.25) is 0 Å². The van der Waals surface area contributed by atoms with Crippen molar-refractivity contribution >= 4 is 28.1 Å². The van der Waals surface area contributed by atoms with Gasteiger partial charge in [-0.05, 0) is 67.2 Å². The lowest BCUT2D eigenvalue weighted by molar-refractivity contribution is 0.415. The molecule has 0 fully saturated rings. The van der Waals surface area contributed by atoms with Crippen LogP contribution in [0.15, 0.2) is 53.9 Å². The second-order valence-corrected chi connectivity index (χ2v) is 8.24. The Morgan fingerprint density at radius 3 is 2.73 bits per heavy atom. The van der Waals surface area contributed by atoms with E-state index in [1.54, 1.807) is 18.4 Å². The number of fused-ring (bicyclic) bond motifs is 1. The molecule has 2 heterocycles. The molecule has 1 unspecified atom stereocenters. The number of aromatic nitrogens is 2. The van der Waals surface area contributed by atoms with Gasteiger partial charge in [0, 0.05) is 16.8 Å². The highest BCUT2D eigenvalue weighted by Crippen LogP contribution is 2.34. The molecule has 4 rings (SSSR count). The molecule has 4 aromatic rings. The van der Waals surface area contributed by atoms with Gasteiger partial charge in [-0.1, -0.05) is 24.3 Å². The highest BCUT2D eigenvalue weighted by Gasteiger charge is 2.15. The standard InChI is InChI=1S/C24H26N4OS/c1-15(23-11-18(14-30-23)20-8-6-5-7-17(20)13-25-3)26-24-21-12-19(29-4)9-10-22(21)27-16(2)28-24/h5-12,14-15,25H,13H2,1-4H3,(H,26,27,28). The molecule has 6 heteroatoms. The quantitative estimate of drug-likeness (QED) is 0.411. The zero-order chi connectivity index (χ0) is 21.1. The molecule has 0 bridgehead atoms. The van der Waals surface area contributed by atoms with Crippen molar-refractivity contribution in [1.82, 2.24) is 15.3 Å². The molecule has 154 valence electrons. The number of aryl methyl sites for hydroxylation is 1. The number of methoxy groups -OCH3 is 1. The minimum atomic E-state index is 0.115. The Morgan fingerprint density at radius 1 is 1.10 bits per heavy atom. The van der Waals surface area contributed by atoms with Crippen molar-refractivity contribution in [2.24, 2.45) is 0 Å². The maximum absolute atomic E-state index is 5.39. The fourth-order valence-corrected chi connectivity index (χ4v) is 4.52. The summed E-state index contributed by atoms with van der Waals surface area (Å²) in [7, 11) is 3.65. The number of nitrogens with zero attached hydrogens (tertiary/aromatic N) is 2. The number of rotatable bonds is 7. The number of thiophene rings is 1. The molecule has 0 aliphatic heterocycles. The molecule has 0 radical (unpaired) electrons. The maximum Gasteiger partial charge on any atom is 0.138 e. The molecule has 0 saturated carbocycles. The highest BCUT2D eigenvalue weighted by molar-refractivity contribution is 7.10. The van der Waals surface area contributed by atoms with Crippen LogP contribution in [0.5, 0.6) is 5.75 Å². The Morgan fingerprint density at radius 2 is 1.93 bits per heavy atom. The van der Waals surface area contributed by atoms with Gasteiger partial charge in [0.05, 0.1) is 18.7 Å². The van der Waals surface area contributed by atoms with Crippen LogP contribution >= 0.6 is 11.3 Å². The largest absolute Gasteiger partial charge is 0.497 e. The van der Waals surface area contributed by atoms with E-state index in [0.717, 1.165) is 34.8 Å². The summed E-state index contributed by atoms with van der Waals surface area (Å²) in [6.45, 7) is 4.93. The van der Waals surface area contributed by atoms with Crippen molar-refractivity contribution in [2.45, 2.75) is 26.4 Å². The van der Waals surface area contributed by atoms with E-state index in [2.05, 4.69) is 63.2 Å². The molecule has 0 spiro atoms. The summed E-state index contributed by atoms with van der Waals surface area (Å²) in [4.78, 5) is 10.5. The van der Waals surface area contributed by atoms with E-state index in [1.165, 1.54) is 21.6 Å². The third kappa shape index (κ3) is 4.15. The first kappa shape index (κ1) is 20.3. The number of anilines is 1. The zero-order valence-electron chi connectivity index (χ0n) is 17.7. The van der Waals surface area contributed by atoms with Gasteiger partial charge in [-0.25, -0.2) is 9.97 Å². The Bertz CT molecular complexity index is 1170. The van der Waals surface area contributed by atoms with Gasteiger partial charge in [-0.2, -0.15) is 0 Å². The van der Waals surface area contributed by atoms with Gasteiger partial charge >= 0.3 is 0 Å². The van der Waals surface area contributed by atoms with Gasteiger partial charge in [-0.3, -0.25) is 0 Å². The molecular formula is C24H26N4OS. The molecule has 1 atom stereocenters. The number of nitrogens with one attached hydrogen (secondary N) is 2. The zero-order valence-corrected chi connectivity index (χ0v) is 18.5. The summed E-state index contributed by atoms with van der Waals surface area (Å²) < 4.78 is 5.39. The lowest BCUT2D eigenvalue weighted by atomic mass is 10.0. The SMILES string of the molecule is CNCc1ccccc1-c1csc(C(C)Nc2nc(C)nc3ccc(OC)cc23)c1. The van der Waals surface area contributed by atoms with Crippen LogP contribution in [0, 0.1) is 6.92 Å². The van der Waals surface area contributed by atoms with E-state index in [9.17, 15) is 0 Å². The topological polar surface area (TPSA) is 59.1 Å². The summed E-state index contributed by atoms with van der Waals surface area (Å²) in [5.41, 5.74) is 4.73. The lowest BCUT2D eigenvalue weighted by Gasteiger charge is -2.16. The van der Waals surface area contributed by atoms with Gasteiger partial charge < -0.3 is 15.4 Å². The summed E-state index contributed by atoms with van der Waals surface area (Å²) in [6.07, 6.45) is 0. The predicted molar refractivity (Wildman–Crippen MR) is 125 cm³/mol. The first-order valence-corrected chi connectivity index (χ1v) is 10.9. The maximum atomic E-state index is 5.39. The molecule has 30 heavy (non-hydrogen) atoms. The molecule has 0 amide bonds. The number of hydrogen-bond donors (Lipinski definition) is 2. The van der Waals surface area contributed by atoms with Gasteiger partial charge in [0.1, 0.15) is 17.4 Å². The molecule has 0 aliphatic carbocycles. The average Bonchev–Trinajstić information content (AvgIpc) is 3.24. The Labute approximate surface area is 181 Å². The van der Waals surface area contributed by atoms with Crippen molar-refractivity contribution in [3.8, 4) is 16.9 Å². The van der Waals surface area contributed by atoms with E-state index < -0.39 is 0 Å². The van der Waals surface area contributed by atoms with Crippen molar-refractivity contribution in [3.63, 3.8) is 0 Å². The van der Waals surface area contributed by atoms with E-state index in [4.69, 9.17) is 4.74 Å².